The molecule has 0 saturated heterocycles. The summed E-state index contributed by atoms with van der Waals surface area (Å²) in [6.07, 6.45) is 1.21. The third kappa shape index (κ3) is 5.50. The number of hydrogen-bond acceptors (Lipinski definition) is 5. The van der Waals surface area contributed by atoms with Crippen molar-refractivity contribution >= 4 is 23.6 Å². The maximum absolute atomic E-state index is 13.6. The molecule has 2 aromatic rings. The number of carbonyl (C=O) groups is 2. The number of ether oxygens (including phenoxy) is 3. The van der Waals surface area contributed by atoms with Gasteiger partial charge in [-0.25, -0.2) is 18.0 Å². The van der Waals surface area contributed by atoms with Crippen LogP contribution in [0.1, 0.15) is 12.5 Å². The highest BCUT2D eigenvalue weighted by atomic mass is 19.2. The van der Waals surface area contributed by atoms with Gasteiger partial charge in [0.2, 0.25) is 0 Å². The lowest BCUT2D eigenvalue weighted by Gasteiger charge is -2.13. The maximum Gasteiger partial charge on any atom is 0.331 e. The van der Waals surface area contributed by atoms with Crippen molar-refractivity contribution in [3.8, 4) is 11.5 Å². The van der Waals surface area contributed by atoms with E-state index in [-0.39, 0.29) is 0 Å². The van der Waals surface area contributed by atoms with Gasteiger partial charge < -0.3 is 19.5 Å². The molecule has 2 aromatic carbocycles. The van der Waals surface area contributed by atoms with Gasteiger partial charge in [0, 0.05) is 6.08 Å². The highest BCUT2D eigenvalue weighted by molar-refractivity contribution is 5.96. The van der Waals surface area contributed by atoms with E-state index in [2.05, 4.69) is 0 Å². The molecule has 0 fully saturated rings. The molecule has 1 N–H and O–H groups in total. The van der Waals surface area contributed by atoms with Crippen molar-refractivity contribution in [1.29, 1.82) is 0 Å². The Morgan fingerprint density at radius 1 is 1.00 bits per heavy atom. The molecule has 0 bridgehead atoms. The molecule has 2 rings (SSSR count). The summed E-state index contributed by atoms with van der Waals surface area (Å²) < 4.78 is 54.9. The van der Waals surface area contributed by atoms with Crippen molar-refractivity contribution in [1.82, 2.24) is 0 Å². The average Bonchev–Trinajstić information content (AvgIpc) is 2.72. The van der Waals surface area contributed by atoms with Gasteiger partial charge in [0.1, 0.15) is 0 Å². The number of esters is 1. The lowest BCUT2D eigenvalue weighted by molar-refractivity contribution is -0.148. The zero-order valence-corrected chi connectivity index (χ0v) is 15.8. The fourth-order valence-electron chi connectivity index (χ4n) is 2.24. The van der Waals surface area contributed by atoms with Gasteiger partial charge in [-0.15, -0.1) is 0 Å². The topological polar surface area (TPSA) is 73.9 Å². The van der Waals surface area contributed by atoms with Crippen LogP contribution in [0, 0.1) is 17.5 Å². The van der Waals surface area contributed by atoms with E-state index >= 15 is 0 Å². The van der Waals surface area contributed by atoms with Gasteiger partial charge in [0.25, 0.3) is 5.91 Å². The van der Waals surface area contributed by atoms with E-state index in [1.807, 2.05) is 5.32 Å². The van der Waals surface area contributed by atoms with E-state index in [4.69, 9.17) is 14.2 Å². The highest BCUT2D eigenvalue weighted by Gasteiger charge is 2.20. The molecule has 154 valence electrons. The second-order valence-electron chi connectivity index (χ2n) is 5.74. The molecule has 0 spiro atoms. The molecule has 0 radical (unpaired) electrons. The maximum atomic E-state index is 13.6. The number of halogens is 3. The van der Waals surface area contributed by atoms with Crippen LogP contribution in [0.2, 0.25) is 0 Å². The van der Waals surface area contributed by atoms with Crippen LogP contribution < -0.4 is 14.8 Å². The summed E-state index contributed by atoms with van der Waals surface area (Å²) in [6.45, 7) is 1.25. The van der Waals surface area contributed by atoms with E-state index in [1.165, 1.54) is 27.2 Å². The van der Waals surface area contributed by atoms with Gasteiger partial charge in [-0.3, -0.25) is 4.79 Å². The zero-order chi connectivity index (χ0) is 21.6. The van der Waals surface area contributed by atoms with E-state index in [0.717, 1.165) is 12.1 Å². The first-order valence-corrected chi connectivity index (χ1v) is 8.32. The third-order valence-electron chi connectivity index (χ3n) is 3.77. The summed E-state index contributed by atoms with van der Waals surface area (Å²) in [5, 5.41) is 2.03. The smallest absolute Gasteiger partial charge is 0.331 e. The van der Waals surface area contributed by atoms with Gasteiger partial charge in [0.15, 0.2) is 35.1 Å². The number of benzene rings is 2. The minimum absolute atomic E-state index is 0.462. The molecule has 1 amide bonds. The molecule has 0 heterocycles. The molecular weight excluding hydrogens is 391 g/mol. The normalized spacial score (nSPS) is 11.8. The van der Waals surface area contributed by atoms with Crippen molar-refractivity contribution in [3.05, 3.63) is 59.4 Å². The fourth-order valence-corrected chi connectivity index (χ4v) is 2.24. The Balaban J connectivity index is 1.99. The van der Waals surface area contributed by atoms with Crippen LogP contribution in [-0.2, 0) is 14.3 Å². The molecule has 29 heavy (non-hydrogen) atoms. The van der Waals surface area contributed by atoms with Crippen molar-refractivity contribution in [2.45, 2.75) is 13.0 Å². The van der Waals surface area contributed by atoms with Crippen molar-refractivity contribution in [3.63, 3.8) is 0 Å². The highest BCUT2D eigenvalue weighted by Crippen LogP contribution is 2.28. The van der Waals surface area contributed by atoms with Gasteiger partial charge >= 0.3 is 5.97 Å². The second kappa shape index (κ2) is 9.63. The van der Waals surface area contributed by atoms with Gasteiger partial charge in [-0.05, 0) is 42.8 Å². The largest absolute Gasteiger partial charge is 0.493 e. The fraction of sp³-hybridized carbons (Fsp3) is 0.200. The zero-order valence-electron chi connectivity index (χ0n) is 15.8. The van der Waals surface area contributed by atoms with E-state index in [9.17, 15) is 22.8 Å². The molecule has 0 aliphatic rings. The van der Waals surface area contributed by atoms with Crippen LogP contribution >= 0.6 is 0 Å². The van der Waals surface area contributed by atoms with Gasteiger partial charge in [-0.2, -0.15) is 0 Å². The lowest BCUT2D eigenvalue weighted by atomic mass is 10.2. The average molecular weight is 409 g/mol. The number of rotatable bonds is 7. The number of carbonyl (C=O) groups excluding carboxylic acids is 2. The Morgan fingerprint density at radius 3 is 2.34 bits per heavy atom. The monoisotopic (exact) mass is 409 g/mol. The standard InChI is InChI=1S/C20H18F3NO5/c1-11(20(26)24-14-7-6-13(21)18(22)19(14)23)29-17(25)9-5-12-4-8-15(27-2)16(10-12)28-3/h4-11H,1-3H3,(H,24,26)/b9-5+/t11-/m1/s1. The summed E-state index contributed by atoms with van der Waals surface area (Å²) in [5.41, 5.74) is 0.0400. The first-order valence-electron chi connectivity index (χ1n) is 8.32. The molecular formula is C20H18F3NO5. The SMILES string of the molecule is COc1ccc(/C=C/C(=O)O[C@H](C)C(=O)Nc2ccc(F)c(F)c2F)cc1OC. The number of amides is 1. The van der Waals surface area contributed by atoms with Crippen LogP contribution in [0.15, 0.2) is 36.4 Å². The molecule has 0 aromatic heterocycles. The number of anilines is 1. The third-order valence-corrected chi connectivity index (χ3v) is 3.77. The first-order chi connectivity index (χ1) is 13.8. The Bertz CT molecular complexity index is 946. The van der Waals surface area contributed by atoms with Crippen molar-refractivity contribution in [2.24, 2.45) is 0 Å². The predicted octanol–water partition coefficient (Wildman–Crippen LogP) is 3.70. The molecule has 6 nitrogen and oxygen atoms in total. The van der Waals surface area contributed by atoms with Crippen LogP contribution in [0.4, 0.5) is 18.9 Å². The number of hydrogen-bond donors (Lipinski definition) is 1. The number of nitrogens with one attached hydrogen (secondary N) is 1. The predicted molar refractivity (Wildman–Crippen MR) is 99.1 cm³/mol. The summed E-state index contributed by atoms with van der Waals surface area (Å²) in [5.74, 6) is -5.43. The molecule has 0 saturated carbocycles. The van der Waals surface area contributed by atoms with Crippen molar-refractivity contribution < 1.29 is 37.0 Å². The quantitative estimate of drug-likeness (QED) is 0.429. The van der Waals surface area contributed by atoms with Crippen LogP contribution in [-0.4, -0.2) is 32.2 Å². The lowest BCUT2D eigenvalue weighted by Crippen LogP contribution is -2.29. The molecule has 1 atom stereocenters. The minimum Gasteiger partial charge on any atom is -0.493 e. The summed E-state index contributed by atoms with van der Waals surface area (Å²) in [4.78, 5) is 23.9. The van der Waals surface area contributed by atoms with Crippen LogP contribution in [0.5, 0.6) is 11.5 Å². The van der Waals surface area contributed by atoms with Crippen LogP contribution in [0.3, 0.4) is 0 Å². The summed E-state index contributed by atoms with van der Waals surface area (Å²) in [6, 6.07) is 6.47. The van der Waals surface area contributed by atoms with Gasteiger partial charge in [-0.1, -0.05) is 6.07 Å². The Morgan fingerprint density at radius 2 is 1.69 bits per heavy atom. The molecule has 0 aliphatic carbocycles. The Kier molecular flexibility index (Phi) is 7.24. The van der Waals surface area contributed by atoms with E-state index in [0.29, 0.717) is 23.1 Å². The minimum atomic E-state index is -1.72. The van der Waals surface area contributed by atoms with E-state index < -0.39 is 41.1 Å². The van der Waals surface area contributed by atoms with E-state index in [1.54, 1.807) is 18.2 Å². The summed E-state index contributed by atoms with van der Waals surface area (Å²) in [7, 11) is 2.96. The van der Waals surface area contributed by atoms with Gasteiger partial charge in [0.05, 0.1) is 19.9 Å². The Hall–Kier alpha value is -3.49. The van der Waals surface area contributed by atoms with Crippen molar-refractivity contribution in [2.75, 3.05) is 19.5 Å². The Labute approximate surface area is 164 Å². The summed E-state index contributed by atoms with van der Waals surface area (Å²) >= 11 is 0. The number of methoxy groups -OCH3 is 2. The second-order valence-corrected chi connectivity index (χ2v) is 5.74. The first kappa shape index (κ1) is 21.8. The molecule has 9 heteroatoms. The molecule has 0 aliphatic heterocycles. The van der Waals surface area contributed by atoms with Crippen LogP contribution in [0.25, 0.3) is 6.08 Å². The molecule has 0 unspecified atom stereocenters.